The molecule has 1 aliphatic rings. The van der Waals surface area contributed by atoms with Crippen LogP contribution in [0.1, 0.15) is 12.8 Å². The maximum Gasteiger partial charge on any atom is 0.322 e. The number of nitrogens with zero attached hydrogens (tertiary/aromatic N) is 1. The Morgan fingerprint density at radius 3 is 2.75 bits per heavy atom. The normalized spacial score (nSPS) is 16.9. The second-order valence-electron chi connectivity index (χ2n) is 5.69. The van der Waals surface area contributed by atoms with E-state index in [0.717, 1.165) is 12.8 Å². The molecule has 0 saturated carbocycles. The number of nitrogens with one attached hydrogen (secondary N) is 1. The minimum atomic E-state index is -0.361. The lowest BCUT2D eigenvalue weighted by atomic mass is 10.2. The zero-order chi connectivity index (χ0) is 16.9. The summed E-state index contributed by atoms with van der Waals surface area (Å²) in [5.41, 5.74) is 0.634. The molecule has 0 radical (unpaired) electrons. The molecule has 2 N–H and O–H groups in total. The molecule has 0 aliphatic carbocycles. The SMILES string of the molecule is O=C(Nc1ccc(Oc2cccc(F)c2)cc1)N1CCC[C@H]1CO. The van der Waals surface area contributed by atoms with Crippen molar-refractivity contribution in [3.63, 3.8) is 0 Å². The van der Waals surface area contributed by atoms with Crippen molar-refractivity contribution in [3.05, 3.63) is 54.3 Å². The summed E-state index contributed by atoms with van der Waals surface area (Å²) >= 11 is 0. The van der Waals surface area contributed by atoms with Gasteiger partial charge in [-0.3, -0.25) is 0 Å². The molecule has 0 unspecified atom stereocenters. The average molecular weight is 330 g/mol. The van der Waals surface area contributed by atoms with Crippen LogP contribution in [-0.4, -0.2) is 35.2 Å². The van der Waals surface area contributed by atoms with E-state index in [1.165, 1.54) is 12.1 Å². The number of amides is 2. The predicted octanol–water partition coefficient (Wildman–Crippen LogP) is 3.61. The van der Waals surface area contributed by atoms with E-state index in [-0.39, 0.29) is 24.5 Å². The number of hydrogen-bond donors (Lipinski definition) is 2. The average Bonchev–Trinajstić information content (AvgIpc) is 3.05. The summed E-state index contributed by atoms with van der Waals surface area (Å²) < 4.78 is 18.7. The highest BCUT2D eigenvalue weighted by atomic mass is 19.1. The number of carbonyl (C=O) groups excluding carboxylic acids is 1. The standard InChI is InChI=1S/C18H19FN2O3/c19-13-3-1-5-17(11-13)24-16-8-6-14(7-9-16)20-18(23)21-10-2-4-15(21)12-22/h1,3,5-9,11,15,22H,2,4,10,12H2,(H,20,23)/t15-/m0/s1. The Labute approximate surface area is 139 Å². The molecule has 2 aromatic rings. The van der Waals surface area contributed by atoms with E-state index in [0.29, 0.717) is 23.7 Å². The van der Waals surface area contributed by atoms with Crippen LogP contribution in [0, 0.1) is 5.82 Å². The maximum atomic E-state index is 13.1. The second-order valence-corrected chi connectivity index (χ2v) is 5.69. The van der Waals surface area contributed by atoms with E-state index in [4.69, 9.17) is 4.74 Å². The zero-order valence-corrected chi connectivity index (χ0v) is 13.1. The number of benzene rings is 2. The van der Waals surface area contributed by atoms with Gasteiger partial charge >= 0.3 is 6.03 Å². The lowest BCUT2D eigenvalue weighted by molar-refractivity contribution is 0.166. The van der Waals surface area contributed by atoms with Crippen LogP contribution in [-0.2, 0) is 0 Å². The summed E-state index contributed by atoms with van der Waals surface area (Å²) in [4.78, 5) is 13.9. The summed E-state index contributed by atoms with van der Waals surface area (Å²) in [6.07, 6.45) is 1.73. The van der Waals surface area contributed by atoms with Crippen LogP contribution in [0.5, 0.6) is 11.5 Å². The van der Waals surface area contributed by atoms with Gasteiger partial charge in [-0.15, -0.1) is 0 Å². The first-order valence-corrected chi connectivity index (χ1v) is 7.87. The molecule has 5 nitrogen and oxygen atoms in total. The summed E-state index contributed by atoms with van der Waals surface area (Å²) in [5.74, 6) is 0.600. The Morgan fingerprint density at radius 2 is 2.04 bits per heavy atom. The van der Waals surface area contributed by atoms with Crippen molar-refractivity contribution in [1.82, 2.24) is 4.90 Å². The third-order valence-corrected chi connectivity index (χ3v) is 3.99. The molecule has 0 aromatic heterocycles. The summed E-state index contributed by atoms with van der Waals surface area (Å²) in [7, 11) is 0. The number of hydrogen-bond acceptors (Lipinski definition) is 3. The van der Waals surface area contributed by atoms with E-state index < -0.39 is 0 Å². The largest absolute Gasteiger partial charge is 0.457 e. The Balaban J connectivity index is 1.61. The number of ether oxygens (including phenoxy) is 1. The predicted molar refractivity (Wildman–Crippen MR) is 88.7 cm³/mol. The van der Waals surface area contributed by atoms with Gasteiger partial charge in [-0.2, -0.15) is 0 Å². The smallest absolute Gasteiger partial charge is 0.322 e. The van der Waals surface area contributed by atoms with Crippen molar-refractivity contribution in [1.29, 1.82) is 0 Å². The van der Waals surface area contributed by atoms with Crippen molar-refractivity contribution in [3.8, 4) is 11.5 Å². The fourth-order valence-corrected chi connectivity index (χ4v) is 2.76. The maximum absolute atomic E-state index is 13.1. The van der Waals surface area contributed by atoms with Crippen molar-refractivity contribution in [2.45, 2.75) is 18.9 Å². The van der Waals surface area contributed by atoms with Gasteiger partial charge in [0.25, 0.3) is 0 Å². The van der Waals surface area contributed by atoms with Crippen LogP contribution in [0.4, 0.5) is 14.9 Å². The van der Waals surface area contributed by atoms with Gasteiger partial charge in [0.15, 0.2) is 0 Å². The zero-order valence-electron chi connectivity index (χ0n) is 13.1. The second kappa shape index (κ2) is 7.31. The monoisotopic (exact) mass is 330 g/mol. The summed E-state index contributed by atoms with van der Waals surface area (Å²) in [6.45, 7) is 0.631. The summed E-state index contributed by atoms with van der Waals surface area (Å²) in [5, 5.41) is 12.1. The molecule has 1 aliphatic heterocycles. The lowest BCUT2D eigenvalue weighted by Gasteiger charge is -2.23. The van der Waals surface area contributed by atoms with E-state index >= 15 is 0 Å². The van der Waals surface area contributed by atoms with Crippen molar-refractivity contribution >= 4 is 11.7 Å². The highest BCUT2D eigenvalue weighted by Crippen LogP contribution is 2.24. The molecule has 1 atom stereocenters. The first-order valence-electron chi connectivity index (χ1n) is 7.87. The number of anilines is 1. The van der Waals surface area contributed by atoms with Gasteiger partial charge in [-0.25, -0.2) is 9.18 Å². The molecule has 0 bridgehead atoms. The molecule has 3 rings (SSSR count). The van der Waals surface area contributed by atoms with Gasteiger partial charge in [0.1, 0.15) is 17.3 Å². The van der Waals surface area contributed by atoms with Crippen LogP contribution in [0.2, 0.25) is 0 Å². The number of urea groups is 1. The van der Waals surface area contributed by atoms with E-state index in [1.54, 1.807) is 41.3 Å². The highest BCUT2D eigenvalue weighted by molar-refractivity contribution is 5.89. The molecule has 126 valence electrons. The fourth-order valence-electron chi connectivity index (χ4n) is 2.76. The molecular formula is C18H19FN2O3. The first-order chi connectivity index (χ1) is 11.7. The van der Waals surface area contributed by atoms with Crippen LogP contribution in [0.25, 0.3) is 0 Å². The van der Waals surface area contributed by atoms with Crippen LogP contribution in [0.3, 0.4) is 0 Å². The third kappa shape index (κ3) is 3.83. The van der Waals surface area contributed by atoms with Gasteiger partial charge in [0, 0.05) is 18.3 Å². The molecular weight excluding hydrogens is 311 g/mol. The summed E-state index contributed by atoms with van der Waals surface area (Å²) in [6, 6.07) is 12.4. The van der Waals surface area contributed by atoms with E-state index in [1.807, 2.05) is 0 Å². The molecule has 1 saturated heterocycles. The quantitative estimate of drug-likeness (QED) is 0.900. The molecule has 1 fully saturated rings. The Bertz CT molecular complexity index is 706. The third-order valence-electron chi connectivity index (χ3n) is 3.99. The van der Waals surface area contributed by atoms with Crippen LogP contribution < -0.4 is 10.1 Å². The molecule has 6 heteroatoms. The van der Waals surface area contributed by atoms with E-state index in [2.05, 4.69) is 5.32 Å². The van der Waals surface area contributed by atoms with Crippen LogP contribution in [0.15, 0.2) is 48.5 Å². The van der Waals surface area contributed by atoms with Crippen LogP contribution >= 0.6 is 0 Å². The number of carbonyl (C=O) groups is 1. The van der Waals surface area contributed by atoms with Crippen molar-refractivity contribution in [2.24, 2.45) is 0 Å². The number of aliphatic hydroxyl groups excluding tert-OH is 1. The van der Waals surface area contributed by atoms with Gasteiger partial charge in [-0.05, 0) is 49.2 Å². The number of rotatable bonds is 4. The van der Waals surface area contributed by atoms with Gasteiger partial charge in [0.05, 0.1) is 12.6 Å². The molecule has 24 heavy (non-hydrogen) atoms. The minimum absolute atomic E-state index is 0.0200. The number of likely N-dealkylation sites (tertiary alicyclic amines) is 1. The Morgan fingerprint density at radius 1 is 1.25 bits per heavy atom. The van der Waals surface area contributed by atoms with Gasteiger partial charge < -0.3 is 20.1 Å². The van der Waals surface area contributed by atoms with E-state index in [9.17, 15) is 14.3 Å². The molecule has 1 heterocycles. The number of aliphatic hydroxyl groups is 1. The minimum Gasteiger partial charge on any atom is -0.457 e. The number of halogens is 1. The lowest BCUT2D eigenvalue weighted by Crippen LogP contribution is -2.40. The van der Waals surface area contributed by atoms with Crippen molar-refractivity contribution in [2.75, 3.05) is 18.5 Å². The first kappa shape index (κ1) is 16.3. The molecule has 2 amide bonds. The topological polar surface area (TPSA) is 61.8 Å². The van der Waals surface area contributed by atoms with Crippen molar-refractivity contribution < 1.29 is 19.0 Å². The molecule has 2 aromatic carbocycles. The van der Waals surface area contributed by atoms with Gasteiger partial charge in [0.2, 0.25) is 0 Å². The Kier molecular flexibility index (Phi) is 4.96. The molecule has 0 spiro atoms. The fraction of sp³-hybridized carbons (Fsp3) is 0.278. The Hall–Kier alpha value is -2.60. The highest BCUT2D eigenvalue weighted by Gasteiger charge is 2.27. The van der Waals surface area contributed by atoms with Gasteiger partial charge in [-0.1, -0.05) is 6.07 Å².